The number of ether oxygens (including phenoxy) is 1. The van der Waals surface area contributed by atoms with Crippen molar-refractivity contribution in [2.24, 2.45) is 0 Å². The van der Waals surface area contributed by atoms with Crippen LogP contribution in [0.4, 0.5) is 5.69 Å². The van der Waals surface area contributed by atoms with Crippen LogP contribution in [-0.2, 0) is 32.6 Å². The number of rotatable bonds is 14. The van der Waals surface area contributed by atoms with E-state index in [2.05, 4.69) is 5.32 Å². The second kappa shape index (κ2) is 15.8. The van der Waals surface area contributed by atoms with Crippen LogP contribution in [0, 0.1) is 6.92 Å². The van der Waals surface area contributed by atoms with Gasteiger partial charge in [-0.25, -0.2) is 8.42 Å². The van der Waals surface area contributed by atoms with Crippen molar-refractivity contribution < 1.29 is 22.7 Å². The Bertz CT molecular complexity index is 1740. The molecule has 4 aromatic rings. The summed E-state index contributed by atoms with van der Waals surface area (Å²) in [5, 5.41) is 3.22. The van der Waals surface area contributed by atoms with Gasteiger partial charge in [-0.1, -0.05) is 97.8 Å². The summed E-state index contributed by atoms with van der Waals surface area (Å²) in [6, 6.07) is 31.4. The van der Waals surface area contributed by atoms with E-state index < -0.39 is 28.5 Å². The third-order valence-corrected chi connectivity index (χ3v) is 10.4. The minimum absolute atomic E-state index is 0.0456. The zero-order valence-corrected chi connectivity index (χ0v) is 27.9. The minimum atomic E-state index is -4.22. The molecule has 0 bridgehead atoms. The first-order valence-electron chi connectivity index (χ1n) is 16.3. The number of amides is 2. The summed E-state index contributed by atoms with van der Waals surface area (Å²) in [4.78, 5) is 30.5. The summed E-state index contributed by atoms with van der Waals surface area (Å²) >= 11 is 0. The summed E-state index contributed by atoms with van der Waals surface area (Å²) in [6.07, 6.45) is 4.16. The summed E-state index contributed by atoms with van der Waals surface area (Å²) in [5.74, 6) is -0.399. The third kappa shape index (κ3) is 8.40. The van der Waals surface area contributed by atoms with Gasteiger partial charge in [0.1, 0.15) is 18.3 Å². The molecular weight excluding hydrogens is 611 g/mol. The largest absolute Gasteiger partial charge is 0.492 e. The molecule has 1 aliphatic carbocycles. The van der Waals surface area contributed by atoms with E-state index >= 15 is 0 Å². The van der Waals surface area contributed by atoms with E-state index in [0.717, 1.165) is 46.7 Å². The Morgan fingerprint density at radius 3 is 2.15 bits per heavy atom. The minimum Gasteiger partial charge on any atom is -0.492 e. The molecule has 0 heterocycles. The summed E-state index contributed by atoms with van der Waals surface area (Å²) in [6.45, 7) is 3.69. The number of nitrogens with one attached hydrogen (secondary N) is 1. The number of sulfonamides is 1. The van der Waals surface area contributed by atoms with Crippen molar-refractivity contribution in [1.82, 2.24) is 10.2 Å². The lowest BCUT2D eigenvalue weighted by molar-refractivity contribution is -0.140. The molecule has 246 valence electrons. The van der Waals surface area contributed by atoms with Crippen molar-refractivity contribution in [3.63, 3.8) is 0 Å². The van der Waals surface area contributed by atoms with Gasteiger partial charge >= 0.3 is 0 Å². The fraction of sp³-hybridized carbons (Fsp3) is 0.316. The highest BCUT2D eigenvalue weighted by atomic mass is 32.2. The first-order valence-corrected chi connectivity index (χ1v) is 17.7. The number of carbonyl (C=O) groups excluding carboxylic acids is 2. The van der Waals surface area contributed by atoms with Crippen LogP contribution >= 0.6 is 0 Å². The Balaban J connectivity index is 1.59. The third-order valence-electron chi connectivity index (χ3n) is 8.62. The molecule has 0 spiro atoms. The summed E-state index contributed by atoms with van der Waals surface area (Å²) in [5.41, 5.74) is 2.99. The Morgan fingerprint density at radius 1 is 0.851 bits per heavy atom. The molecule has 1 N–H and O–H groups in total. The average molecular weight is 654 g/mol. The molecule has 0 saturated heterocycles. The predicted octanol–water partition coefficient (Wildman–Crippen LogP) is 6.29. The Kier molecular flexibility index (Phi) is 11.3. The highest BCUT2D eigenvalue weighted by Crippen LogP contribution is 2.33. The van der Waals surface area contributed by atoms with Gasteiger partial charge in [0.2, 0.25) is 11.8 Å². The van der Waals surface area contributed by atoms with E-state index in [1.54, 1.807) is 47.4 Å². The molecule has 1 aliphatic rings. The van der Waals surface area contributed by atoms with Crippen LogP contribution in [0.5, 0.6) is 5.75 Å². The van der Waals surface area contributed by atoms with E-state index in [0.29, 0.717) is 12.4 Å². The molecule has 1 saturated carbocycles. The van der Waals surface area contributed by atoms with E-state index in [1.807, 2.05) is 68.4 Å². The van der Waals surface area contributed by atoms with Crippen LogP contribution in [0.25, 0.3) is 0 Å². The zero-order chi connectivity index (χ0) is 33.2. The van der Waals surface area contributed by atoms with Crippen LogP contribution in [-0.4, -0.2) is 50.4 Å². The van der Waals surface area contributed by atoms with Gasteiger partial charge in [-0.15, -0.1) is 0 Å². The van der Waals surface area contributed by atoms with Gasteiger partial charge < -0.3 is 15.0 Å². The normalized spacial score (nSPS) is 13.9. The lowest BCUT2D eigenvalue weighted by atomic mass is 10.0. The molecule has 1 fully saturated rings. The smallest absolute Gasteiger partial charge is 0.264 e. The topological polar surface area (TPSA) is 96.0 Å². The van der Waals surface area contributed by atoms with Gasteiger partial charge in [0.05, 0.1) is 17.2 Å². The van der Waals surface area contributed by atoms with E-state index in [9.17, 15) is 18.0 Å². The molecule has 4 aromatic carbocycles. The van der Waals surface area contributed by atoms with Crippen LogP contribution < -0.4 is 14.4 Å². The molecule has 0 aliphatic heterocycles. The lowest BCUT2D eigenvalue weighted by Crippen LogP contribution is -2.54. The molecule has 2 amide bonds. The van der Waals surface area contributed by atoms with Gasteiger partial charge in [-0.05, 0) is 67.6 Å². The monoisotopic (exact) mass is 653 g/mol. The average Bonchev–Trinajstić information content (AvgIpc) is 3.60. The number of hydrogen-bond acceptors (Lipinski definition) is 5. The van der Waals surface area contributed by atoms with Crippen LogP contribution in [0.2, 0.25) is 0 Å². The highest BCUT2D eigenvalue weighted by molar-refractivity contribution is 7.92. The van der Waals surface area contributed by atoms with E-state index in [1.165, 1.54) is 12.1 Å². The van der Waals surface area contributed by atoms with Crippen LogP contribution in [0.1, 0.15) is 49.3 Å². The fourth-order valence-electron chi connectivity index (χ4n) is 6.07. The number of aryl methyl sites for hydroxylation is 1. The second-order valence-corrected chi connectivity index (χ2v) is 13.7. The molecule has 8 nitrogen and oxygen atoms in total. The van der Waals surface area contributed by atoms with Gasteiger partial charge in [0.25, 0.3) is 10.0 Å². The quantitative estimate of drug-likeness (QED) is 0.173. The highest BCUT2D eigenvalue weighted by Gasteiger charge is 2.36. The number of benzene rings is 4. The number of hydrogen-bond donors (Lipinski definition) is 1. The van der Waals surface area contributed by atoms with Gasteiger partial charge in [0.15, 0.2) is 0 Å². The van der Waals surface area contributed by atoms with Crippen molar-refractivity contribution in [2.45, 2.75) is 69.5 Å². The standard InChI is InChI=1S/C38H43N3O5S/c1-3-46-36-25-15-14-24-34(36)41(47(44,45)33-22-8-5-9-23-33)28-37(42)40(27-31-19-11-10-16-29(31)2)35(26-30-17-6-4-7-18-30)38(43)39-32-20-12-13-21-32/h4-11,14-19,22-25,32,35H,3,12-13,20-21,26-28H2,1-2H3,(H,39,43)/t35-/m1/s1. The van der Waals surface area contributed by atoms with Crippen molar-refractivity contribution in [1.29, 1.82) is 0 Å². The van der Waals surface area contributed by atoms with Gasteiger partial charge in [-0.3, -0.25) is 13.9 Å². The molecule has 1 atom stereocenters. The van der Waals surface area contributed by atoms with Crippen LogP contribution in [0.3, 0.4) is 0 Å². The maximum atomic E-state index is 14.8. The number of para-hydroxylation sites is 2. The molecule has 5 rings (SSSR count). The molecule has 9 heteroatoms. The number of nitrogens with zero attached hydrogens (tertiary/aromatic N) is 2. The van der Waals surface area contributed by atoms with Gasteiger partial charge in [-0.2, -0.15) is 0 Å². The fourth-order valence-corrected chi connectivity index (χ4v) is 7.51. The molecule has 0 unspecified atom stereocenters. The number of carbonyl (C=O) groups is 2. The second-order valence-electron chi connectivity index (χ2n) is 11.9. The molecule has 0 radical (unpaired) electrons. The first kappa shape index (κ1) is 33.7. The zero-order valence-electron chi connectivity index (χ0n) is 27.0. The van der Waals surface area contributed by atoms with Gasteiger partial charge in [0, 0.05) is 19.0 Å². The van der Waals surface area contributed by atoms with Crippen molar-refractivity contribution >= 4 is 27.5 Å². The molecule has 0 aromatic heterocycles. The summed E-state index contributed by atoms with van der Waals surface area (Å²) in [7, 11) is -4.22. The maximum absolute atomic E-state index is 14.8. The van der Waals surface area contributed by atoms with Crippen molar-refractivity contribution in [3.05, 3.63) is 126 Å². The summed E-state index contributed by atoms with van der Waals surface area (Å²) < 4.78 is 35.6. The molecular formula is C38H43N3O5S. The lowest BCUT2D eigenvalue weighted by Gasteiger charge is -2.35. The Hall–Kier alpha value is -4.63. The maximum Gasteiger partial charge on any atom is 0.264 e. The Morgan fingerprint density at radius 2 is 1.47 bits per heavy atom. The van der Waals surface area contributed by atoms with Crippen molar-refractivity contribution in [2.75, 3.05) is 17.5 Å². The number of anilines is 1. The van der Waals surface area contributed by atoms with E-state index in [4.69, 9.17) is 4.74 Å². The first-order chi connectivity index (χ1) is 22.8. The predicted molar refractivity (Wildman–Crippen MR) is 185 cm³/mol. The van der Waals surface area contributed by atoms with Crippen LogP contribution in [0.15, 0.2) is 114 Å². The Labute approximate surface area is 278 Å². The SMILES string of the molecule is CCOc1ccccc1N(CC(=O)N(Cc1ccccc1C)[C@H](Cc1ccccc1)C(=O)NC1CCCC1)S(=O)(=O)c1ccccc1. The van der Waals surface area contributed by atoms with E-state index in [-0.39, 0.29) is 35.5 Å². The molecule has 47 heavy (non-hydrogen) atoms. The van der Waals surface area contributed by atoms with Crippen molar-refractivity contribution in [3.8, 4) is 5.75 Å².